The standard InChI is InChI=1S/C12H23N3O.C2H4/c1-9(2)12(16)15-7-5-11(6-8-15)10(3)14-13-4;1-2/h9,11,13H,5-8H2,1-4H3;1-2H2/b14-10+;. The Morgan fingerprint density at radius 2 is 1.83 bits per heavy atom. The van der Waals surface area contributed by atoms with E-state index in [-0.39, 0.29) is 11.8 Å². The molecule has 0 aromatic rings. The van der Waals surface area contributed by atoms with Crippen LogP contribution < -0.4 is 5.43 Å². The van der Waals surface area contributed by atoms with E-state index < -0.39 is 0 Å². The molecule has 0 atom stereocenters. The normalized spacial score (nSPS) is 17.2. The van der Waals surface area contributed by atoms with Gasteiger partial charge in [-0.25, -0.2) is 0 Å². The fourth-order valence-electron chi connectivity index (χ4n) is 2.15. The fourth-order valence-corrected chi connectivity index (χ4v) is 2.15. The molecule has 1 rings (SSSR count). The number of piperidine rings is 1. The highest BCUT2D eigenvalue weighted by atomic mass is 16.2. The predicted octanol–water partition coefficient (Wildman–Crippen LogP) is 2.28. The van der Waals surface area contributed by atoms with Gasteiger partial charge in [-0.05, 0) is 19.8 Å². The minimum absolute atomic E-state index is 0.114. The van der Waals surface area contributed by atoms with Crippen LogP contribution in [0.2, 0.25) is 0 Å². The maximum atomic E-state index is 11.8. The van der Waals surface area contributed by atoms with Crippen molar-refractivity contribution in [2.24, 2.45) is 16.9 Å². The Bertz CT molecular complexity index is 279. The van der Waals surface area contributed by atoms with Gasteiger partial charge >= 0.3 is 0 Å². The van der Waals surface area contributed by atoms with Crippen LogP contribution in [0.15, 0.2) is 18.3 Å². The molecular formula is C14H27N3O. The molecule has 1 N–H and O–H groups in total. The maximum absolute atomic E-state index is 11.8. The first kappa shape index (κ1) is 16.7. The van der Waals surface area contributed by atoms with Crippen molar-refractivity contribution < 1.29 is 4.79 Å². The summed E-state index contributed by atoms with van der Waals surface area (Å²) in [4.78, 5) is 13.8. The molecule has 0 unspecified atom stereocenters. The van der Waals surface area contributed by atoms with Crippen LogP contribution >= 0.6 is 0 Å². The van der Waals surface area contributed by atoms with Crippen LogP contribution in [0, 0.1) is 11.8 Å². The van der Waals surface area contributed by atoms with Crippen molar-refractivity contribution >= 4 is 11.6 Å². The molecule has 0 aromatic carbocycles. The van der Waals surface area contributed by atoms with E-state index in [0.29, 0.717) is 5.92 Å². The lowest BCUT2D eigenvalue weighted by Gasteiger charge is -2.33. The lowest BCUT2D eigenvalue weighted by molar-refractivity contribution is -0.135. The van der Waals surface area contributed by atoms with Gasteiger partial charge in [0.25, 0.3) is 0 Å². The number of nitrogens with zero attached hydrogens (tertiary/aromatic N) is 2. The summed E-state index contributed by atoms with van der Waals surface area (Å²) in [5.41, 5.74) is 3.98. The average Bonchev–Trinajstić information content (AvgIpc) is 2.40. The number of carbonyl (C=O) groups excluding carboxylic acids is 1. The molecule has 0 saturated carbocycles. The van der Waals surface area contributed by atoms with Crippen molar-refractivity contribution in [1.29, 1.82) is 0 Å². The van der Waals surface area contributed by atoms with E-state index in [2.05, 4.69) is 30.6 Å². The zero-order valence-electron chi connectivity index (χ0n) is 12.2. The molecule has 1 fully saturated rings. The van der Waals surface area contributed by atoms with Gasteiger partial charge in [-0.1, -0.05) is 13.8 Å². The summed E-state index contributed by atoms with van der Waals surface area (Å²) < 4.78 is 0. The monoisotopic (exact) mass is 253 g/mol. The maximum Gasteiger partial charge on any atom is 0.225 e. The van der Waals surface area contributed by atoms with Crippen LogP contribution in [0.25, 0.3) is 0 Å². The van der Waals surface area contributed by atoms with E-state index in [1.165, 1.54) is 0 Å². The first-order chi connectivity index (χ1) is 8.56. The second kappa shape index (κ2) is 8.72. The second-order valence-electron chi connectivity index (χ2n) is 4.73. The lowest BCUT2D eigenvalue weighted by atomic mass is 9.92. The van der Waals surface area contributed by atoms with Crippen LogP contribution in [0.5, 0.6) is 0 Å². The zero-order chi connectivity index (χ0) is 14.1. The molecule has 4 nitrogen and oxygen atoms in total. The van der Waals surface area contributed by atoms with Gasteiger partial charge in [0.15, 0.2) is 0 Å². The van der Waals surface area contributed by atoms with Crippen molar-refractivity contribution in [2.75, 3.05) is 20.1 Å². The number of carbonyl (C=O) groups is 1. The minimum atomic E-state index is 0.114. The summed E-state index contributed by atoms with van der Waals surface area (Å²) in [5, 5.41) is 4.22. The smallest absolute Gasteiger partial charge is 0.225 e. The summed E-state index contributed by atoms with van der Waals surface area (Å²) >= 11 is 0. The minimum Gasteiger partial charge on any atom is -0.342 e. The van der Waals surface area contributed by atoms with Gasteiger partial charge in [0.1, 0.15) is 0 Å². The Kier molecular flexibility index (Phi) is 8.08. The number of likely N-dealkylation sites (tertiary alicyclic amines) is 1. The Morgan fingerprint density at radius 3 is 2.22 bits per heavy atom. The molecule has 0 aromatic heterocycles. The third kappa shape index (κ3) is 4.90. The Morgan fingerprint density at radius 1 is 1.33 bits per heavy atom. The lowest BCUT2D eigenvalue weighted by Crippen LogP contribution is -2.41. The SMILES string of the molecule is C=C.CN/N=C(\C)C1CCN(C(=O)C(C)C)CC1. The molecule has 0 spiro atoms. The Labute approximate surface area is 111 Å². The highest BCUT2D eigenvalue weighted by molar-refractivity contribution is 5.84. The molecule has 1 aliphatic rings. The van der Waals surface area contributed by atoms with Crippen molar-refractivity contribution in [3.8, 4) is 0 Å². The number of amides is 1. The predicted molar refractivity (Wildman–Crippen MR) is 77.6 cm³/mol. The van der Waals surface area contributed by atoms with E-state index in [9.17, 15) is 4.79 Å². The molecular weight excluding hydrogens is 226 g/mol. The topological polar surface area (TPSA) is 44.7 Å². The van der Waals surface area contributed by atoms with Crippen molar-refractivity contribution in [2.45, 2.75) is 33.6 Å². The first-order valence-electron chi connectivity index (χ1n) is 6.56. The number of hydrogen-bond donors (Lipinski definition) is 1. The first-order valence-corrected chi connectivity index (χ1v) is 6.56. The largest absolute Gasteiger partial charge is 0.342 e. The van der Waals surface area contributed by atoms with Crippen LogP contribution in [0.4, 0.5) is 0 Å². The average molecular weight is 253 g/mol. The fraction of sp³-hybridized carbons (Fsp3) is 0.714. The van der Waals surface area contributed by atoms with Crippen LogP contribution in [0.1, 0.15) is 33.6 Å². The number of hydrazone groups is 1. The summed E-state index contributed by atoms with van der Waals surface area (Å²) in [7, 11) is 1.82. The van der Waals surface area contributed by atoms with Crippen LogP contribution in [-0.4, -0.2) is 36.7 Å². The summed E-state index contributed by atoms with van der Waals surface area (Å²) in [6.45, 7) is 13.7. The van der Waals surface area contributed by atoms with E-state index in [4.69, 9.17) is 0 Å². The third-order valence-electron chi connectivity index (χ3n) is 3.18. The number of rotatable bonds is 3. The van der Waals surface area contributed by atoms with Crippen molar-refractivity contribution in [3.63, 3.8) is 0 Å². The molecule has 4 heteroatoms. The second-order valence-corrected chi connectivity index (χ2v) is 4.73. The summed E-state index contributed by atoms with van der Waals surface area (Å²) in [6, 6.07) is 0. The van der Waals surface area contributed by atoms with Gasteiger partial charge in [-0.2, -0.15) is 5.10 Å². The van der Waals surface area contributed by atoms with Gasteiger partial charge in [-0.15, -0.1) is 13.2 Å². The van der Waals surface area contributed by atoms with Gasteiger partial charge < -0.3 is 10.3 Å². The van der Waals surface area contributed by atoms with Crippen LogP contribution in [0.3, 0.4) is 0 Å². The molecule has 1 saturated heterocycles. The van der Waals surface area contributed by atoms with Crippen molar-refractivity contribution in [3.05, 3.63) is 13.2 Å². The third-order valence-corrected chi connectivity index (χ3v) is 3.18. The molecule has 0 bridgehead atoms. The number of hydrogen-bond acceptors (Lipinski definition) is 3. The number of nitrogens with one attached hydrogen (secondary N) is 1. The molecule has 104 valence electrons. The molecule has 1 heterocycles. The molecule has 0 radical (unpaired) electrons. The highest BCUT2D eigenvalue weighted by Gasteiger charge is 2.25. The van der Waals surface area contributed by atoms with Gasteiger partial charge in [0.2, 0.25) is 5.91 Å². The van der Waals surface area contributed by atoms with E-state index in [0.717, 1.165) is 31.6 Å². The summed E-state index contributed by atoms with van der Waals surface area (Å²) in [5.74, 6) is 0.925. The molecule has 1 aliphatic heterocycles. The van der Waals surface area contributed by atoms with E-state index >= 15 is 0 Å². The molecule has 18 heavy (non-hydrogen) atoms. The Balaban J connectivity index is 0.00000137. The van der Waals surface area contributed by atoms with E-state index in [1.54, 1.807) is 0 Å². The molecule has 1 amide bonds. The van der Waals surface area contributed by atoms with Gasteiger partial charge in [0, 0.05) is 37.7 Å². The zero-order valence-corrected chi connectivity index (χ0v) is 12.2. The Hall–Kier alpha value is -1.32. The molecule has 0 aliphatic carbocycles. The van der Waals surface area contributed by atoms with Gasteiger partial charge in [-0.3, -0.25) is 4.79 Å². The summed E-state index contributed by atoms with van der Waals surface area (Å²) in [6.07, 6.45) is 2.07. The highest BCUT2D eigenvalue weighted by Crippen LogP contribution is 2.20. The van der Waals surface area contributed by atoms with Crippen LogP contribution in [-0.2, 0) is 4.79 Å². The van der Waals surface area contributed by atoms with E-state index in [1.807, 2.05) is 25.8 Å². The van der Waals surface area contributed by atoms with Crippen molar-refractivity contribution in [1.82, 2.24) is 10.3 Å². The quantitative estimate of drug-likeness (QED) is 0.476. The van der Waals surface area contributed by atoms with Gasteiger partial charge in [0.05, 0.1) is 0 Å².